The summed E-state index contributed by atoms with van der Waals surface area (Å²) < 4.78 is 7.96. The molecule has 7 nitrogen and oxygen atoms in total. The van der Waals surface area contributed by atoms with Crippen LogP contribution < -0.4 is 4.90 Å². The molecule has 0 amide bonds. The summed E-state index contributed by atoms with van der Waals surface area (Å²) in [4.78, 5) is 8.79. The Morgan fingerprint density at radius 3 is 3.04 bits per heavy atom. The van der Waals surface area contributed by atoms with E-state index in [1.54, 1.807) is 6.33 Å². The predicted octanol–water partition coefficient (Wildman–Crippen LogP) is 1.33. The highest BCUT2D eigenvalue weighted by molar-refractivity contribution is 5.39. The molecule has 2 aromatic rings. The number of morpholine rings is 1. The number of nitrogens with zero attached hydrogens (tertiary/aromatic N) is 6. The molecule has 1 saturated heterocycles. The van der Waals surface area contributed by atoms with Crippen LogP contribution >= 0.6 is 0 Å². The van der Waals surface area contributed by atoms with Crippen molar-refractivity contribution in [1.82, 2.24) is 24.6 Å². The molecule has 1 aliphatic rings. The van der Waals surface area contributed by atoms with Crippen molar-refractivity contribution in [1.29, 1.82) is 0 Å². The summed E-state index contributed by atoms with van der Waals surface area (Å²) in [5, 5.41) is 8.24. The maximum absolute atomic E-state index is 5.91. The normalized spacial score (nSPS) is 19.0. The SMILES string of the molecule is CCn1cnnc1[C@H]1CN(Cc2ccnc(N(C)C)c2)CCO1. The average Bonchev–Trinajstić information content (AvgIpc) is 3.04. The van der Waals surface area contributed by atoms with E-state index in [1.165, 1.54) is 5.56 Å². The Morgan fingerprint density at radius 1 is 1.39 bits per heavy atom. The summed E-state index contributed by atoms with van der Waals surface area (Å²) in [7, 11) is 4.02. The highest BCUT2D eigenvalue weighted by Gasteiger charge is 2.25. The quantitative estimate of drug-likeness (QED) is 0.829. The summed E-state index contributed by atoms with van der Waals surface area (Å²) >= 11 is 0. The molecule has 0 spiro atoms. The van der Waals surface area contributed by atoms with Crippen LogP contribution in [0, 0.1) is 0 Å². The van der Waals surface area contributed by atoms with Gasteiger partial charge in [0.1, 0.15) is 18.2 Å². The molecule has 3 rings (SSSR count). The molecule has 7 heteroatoms. The van der Waals surface area contributed by atoms with Gasteiger partial charge >= 0.3 is 0 Å². The molecule has 23 heavy (non-hydrogen) atoms. The molecule has 0 aliphatic carbocycles. The van der Waals surface area contributed by atoms with Crippen molar-refractivity contribution in [2.45, 2.75) is 26.1 Å². The summed E-state index contributed by atoms with van der Waals surface area (Å²) in [5.41, 5.74) is 1.27. The van der Waals surface area contributed by atoms with Gasteiger partial charge in [0.15, 0.2) is 5.82 Å². The Labute approximate surface area is 136 Å². The summed E-state index contributed by atoms with van der Waals surface area (Å²) in [6.45, 7) is 6.32. The second-order valence-electron chi connectivity index (χ2n) is 5.99. The van der Waals surface area contributed by atoms with Crippen molar-refractivity contribution in [2.24, 2.45) is 0 Å². The van der Waals surface area contributed by atoms with Crippen LogP contribution in [-0.2, 0) is 17.8 Å². The van der Waals surface area contributed by atoms with Gasteiger partial charge in [0.2, 0.25) is 0 Å². The van der Waals surface area contributed by atoms with E-state index in [2.05, 4.69) is 39.1 Å². The topological polar surface area (TPSA) is 59.3 Å². The molecule has 0 unspecified atom stereocenters. The second-order valence-corrected chi connectivity index (χ2v) is 5.99. The molecular weight excluding hydrogens is 292 g/mol. The number of anilines is 1. The van der Waals surface area contributed by atoms with Crippen LogP contribution in [0.5, 0.6) is 0 Å². The van der Waals surface area contributed by atoms with E-state index in [9.17, 15) is 0 Å². The lowest BCUT2D eigenvalue weighted by molar-refractivity contribution is -0.0388. The number of rotatable bonds is 5. The van der Waals surface area contributed by atoms with Gasteiger partial charge in [-0.2, -0.15) is 0 Å². The zero-order valence-corrected chi connectivity index (χ0v) is 14.0. The van der Waals surface area contributed by atoms with Crippen LogP contribution in [0.1, 0.15) is 24.4 Å². The third kappa shape index (κ3) is 3.68. The van der Waals surface area contributed by atoms with Crippen molar-refractivity contribution in [2.75, 3.05) is 38.7 Å². The standard InChI is InChI=1S/C16H24N6O/c1-4-22-12-18-19-16(22)14-11-21(7-8-23-14)10-13-5-6-17-15(9-13)20(2)3/h5-6,9,12,14H,4,7-8,10-11H2,1-3H3/t14-/m1/s1. The highest BCUT2D eigenvalue weighted by atomic mass is 16.5. The number of ether oxygens (including phenoxy) is 1. The first-order valence-electron chi connectivity index (χ1n) is 8.01. The number of pyridine rings is 1. The van der Waals surface area contributed by atoms with Crippen LogP contribution in [0.2, 0.25) is 0 Å². The van der Waals surface area contributed by atoms with Crippen molar-refractivity contribution in [3.8, 4) is 0 Å². The lowest BCUT2D eigenvalue weighted by atomic mass is 10.2. The van der Waals surface area contributed by atoms with Crippen molar-refractivity contribution in [3.05, 3.63) is 36.0 Å². The number of hydrogen-bond donors (Lipinski definition) is 0. The molecule has 0 saturated carbocycles. The van der Waals surface area contributed by atoms with Gasteiger partial charge in [-0.25, -0.2) is 4.98 Å². The van der Waals surface area contributed by atoms with Gasteiger partial charge in [-0.3, -0.25) is 4.90 Å². The van der Waals surface area contributed by atoms with Crippen LogP contribution in [0.25, 0.3) is 0 Å². The van der Waals surface area contributed by atoms with E-state index >= 15 is 0 Å². The molecule has 1 aliphatic heterocycles. The van der Waals surface area contributed by atoms with E-state index in [0.717, 1.165) is 37.8 Å². The minimum atomic E-state index is -0.0126. The summed E-state index contributed by atoms with van der Waals surface area (Å²) in [5.74, 6) is 1.90. The van der Waals surface area contributed by atoms with E-state index in [-0.39, 0.29) is 6.10 Å². The molecule has 3 heterocycles. The van der Waals surface area contributed by atoms with Gasteiger partial charge in [-0.15, -0.1) is 10.2 Å². The largest absolute Gasteiger partial charge is 0.368 e. The third-order valence-corrected chi connectivity index (χ3v) is 4.10. The molecule has 0 bridgehead atoms. The van der Waals surface area contributed by atoms with Crippen molar-refractivity contribution in [3.63, 3.8) is 0 Å². The fourth-order valence-corrected chi connectivity index (χ4v) is 2.82. The van der Waals surface area contributed by atoms with Gasteiger partial charge in [0.05, 0.1) is 6.61 Å². The lowest BCUT2D eigenvalue weighted by Crippen LogP contribution is -2.38. The number of hydrogen-bond acceptors (Lipinski definition) is 6. The zero-order chi connectivity index (χ0) is 16.2. The Kier molecular flexibility index (Phi) is 4.88. The van der Waals surface area contributed by atoms with Crippen LogP contribution in [0.15, 0.2) is 24.7 Å². The van der Waals surface area contributed by atoms with E-state index in [1.807, 2.05) is 29.8 Å². The average molecular weight is 316 g/mol. The predicted molar refractivity (Wildman–Crippen MR) is 88.2 cm³/mol. The van der Waals surface area contributed by atoms with Crippen LogP contribution in [-0.4, -0.2) is 58.4 Å². The molecule has 1 atom stereocenters. The van der Waals surface area contributed by atoms with Gasteiger partial charge in [-0.05, 0) is 24.6 Å². The maximum Gasteiger partial charge on any atom is 0.163 e. The number of aryl methyl sites for hydroxylation is 1. The summed E-state index contributed by atoms with van der Waals surface area (Å²) in [6.07, 6.45) is 3.63. The second kappa shape index (κ2) is 7.06. The van der Waals surface area contributed by atoms with Crippen molar-refractivity contribution >= 4 is 5.82 Å². The van der Waals surface area contributed by atoms with Gasteiger partial charge in [-0.1, -0.05) is 0 Å². The molecule has 2 aromatic heterocycles. The first kappa shape index (κ1) is 15.9. The number of aromatic nitrogens is 4. The fraction of sp³-hybridized carbons (Fsp3) is 0.562. The molecule has 1 fully saturated rings. The van der Waals surface area contributed by atoms with Crippen LogP contribution in [0.4, 0.5) is 5.82 Å². The van der Waals surface area contributed by atoms with E-state index < -0.39 is 0 Å². The summed E-state index contributed by atoms with van der Waals surface area (Å²) in [6, 6.07) is 4.21. The molecule has 124 valence electrons. The molecular formula is C16H24N6O. The first-order chi connectivity index (χ1) is 11.2. The van der Waals surface area contributed by atoms with Gasteiger partial charge in [0, 0.05) is 46.5 Å². The minimum absolute atomic E-state index is 0.0126. The zero-order valence-electron chi connectivity index (χ0n) is 14.0. The smallest absolute Gasteiger partial charge is 0.163 e. The Balaban J connectivity index is 1.68. The fourth-order valence-electron chi connectivity index (χ4n) is 2.82. The molecule has 0 aromatic carbocycles. The van der Waals surface area contributed by atoms with Gasteiger partial charge < -0.3 is 14.2 Å². The van der Waals surface area contributed by atoms with Crippen molar-refractivity contribution < 1.29 is 4.74 Å². The Morgan fingerprint density at radius 2 is 2.26 bits per heavy atom. The lowest BCUT2D eigenvalue weighted by Gasteiger charge is -2.32. The first-order valence-corrected chi connectivity index (χ1v) is 8.01. The molecule has 0 N–H and O–H groups in total. The monoisotopic (exact) mass is 316 g/mol. The third-order valence-electron chi connectivity index (χ3n) is 4.10. The highest BCUT2D eigenvalue weighted by Crippen LogP contribution is 2.22. The Hall–Kier alpha value is -1.99. The minimum Gasteiger partial charge on any atom is -0.368 e. The molecule has 0 radical (unpaired) electrons. The maximum atomic E-state index is 5.91. The van der Waals surface area contributed by atoms with Crippen LogP contribution in [0.3, 0.4) is 0 Å². The van der Waals surface area contributed by atoms with E-state index in [0.29, 0.717) is 6.61 Å². The Bertz CT molecular complexity index is 641. The van der Waals surface area contributed by atoms with E-state index in [4.69, 9.17) is 4.74 Å². The van der Waals surface area contributed by atoms with Gasteiger partial charge in [0.25, 0.3) is 0 Å².